The molecular weight excluding hydrogens is 136 g/mol. The van der Waals surface area contributed by atoms with Crippen molar-refractivity contribution in [2.24, 2.45) is 5.92 Å². The van der Waals surface area contributed by atoms with Gasteiger partial charge in [-0.15, -0.1) is 0 Å². The quantitative estimate of drug-likeness (QED) is 0.618. The number of nitriles is 1. The number of hydrogen-bond acceptors (Lipinski definition) is 2. The van der Waals surface area contributed by atoms with E-state index in [0.29, 0.717) is 18.4 Å². The summed E-state index contributed by atoms with van der Waals surface area (Å²) in [7, 11) is 4.06. The molecule has 1 atom stereocenters. The van der Waals surface area contributed by atoms with Crippen LogP contribution in [0.5, 0.6) is 0 Å². The van der Waals surface area contributed by atoms with Crippen LogP contribution in [0.3, 0.4) is 0 Å². The van der Waals surface area contributed by atoms with Crippen LogP contribution in [0, 0.1) is 17.2 Å². The van der Waals surface area contributed by atoms with E-state index in [1.807, 2.05) is 14.1 Å². The third kappa shape index (κ3) is 4.80. The maximum Gasteiger partial charge on any atom is 0.0638 e. The molecule has 0 saturated heterocycles. The zero-order chi connectivity index (χ0) is 8.85. The van der Waals surface area contributed by atoms with Gasteiger partial charge in [-0.05, 0) is 26.4 Å². The van der Waals surface area contributed by atoms with Crippen molar-refractivity contribution in [2.45, 2.75) is 32.7 Å². The van der Waals surface area contributed by atoms with Gasteiger partial charge in [0, 0.05) is 6.04 Å². The third-order valence-corrected chi connectivity index (χ3v) is 1.80. The highest BCUT2D eigenvalue weighted by Gasteiger charge is 2.11. The first-order valence-electron chi connectivity index (χ1n) is 4.11. The lowest BCUT2D eigenvalue weighted by molar-refractivity contribution is 0.258. The Morgan fingerprint density at radius 2 is 1.91 bits per heavy atom. The highest BCUT2D eigenvalue weighted by molar-refractivity contribution is 4.80. The SMILES string of the molecule is CC(C)CC(CC#N)N(C)C. The summed E-state index contributed by atoms with van der Waals surface area (Å²) in [6, 6.07) is 2.64. The van der Waals surface area contributed by atoms with Gasteiger partial charge in [0.2, 0.25) is 0 Å². The summed E-state index contributed by atoms with van der Waals surface area (Å²) in [4.78, 5) is 2.13. The van der Waals surface area contributed by atoms with Crippen LogP contribution in [0.4, 0.5) is 0 Å². The van der Waals surface area contributed by atoms with Gasteiger partial charge in [-0.1, -0.05) is 13.8 Å². The molecule has 11 heavy (non-hydrogen) atoms. The molecule has 0 amide bonds. The van der Waals surface area contributed by atoms with E-state index in [9.17, 15) is 0 Å². The lowest BCUT2D eigenvalue weighted by Crippen LogP contribution is -2.28. The molecule has 0 bridgehead atoms. The summed E-state index contributed by atoms with van der Waals surface area (Å²) in [6.45, 7) is 4.38. The molecule has 0 fully saturated rings. The molecule has 0 heterocycles. The van der Waals surface area contributed by atoms with Gasteiger partial charge >= 0.3 is 0 Å². The minimum absolute atomic E-state index is 0.431. The van der Waals surface area contributed by atoms with Gasteiger partial charge in [-0.25, -0.2) is 0 Å². The summed E-state index contributed by atoms with van der Waals surface area (Å²) in [6.07, 6.45) is 1.76. The molecule has 0 radical (unpaired) electrons. The summed E-state index contributed by atoms with van der Waals surface area (Å²) in [5, 5.41) is 8.52. The van der Waals surface area contributed by atoms with Crippen LogP contribution in [0.25, 0.3) is 0 Å². The predicted molar refractivity (Wildman–Crippen MR) is 47.2 cm³/mol. The largest absolute Gasteiger partial charge is 0.305 e. The first kappa shape index (κ1) is 10.4. The fourth-order valence-electron chi connectivity index (χ4n) is 1.13. The molecule has 0 aliphatic heterocycles. The van der Waals surface area contributed by atoms with E-state index < -0.39 is 0 Å². The molecule has 0 saturated carbocycles. The average Bonchev–Trinajstić information content (AvgIpc) is 1.86. The van der Waals surface area contributed by atoms with Crippen LogP contribution < -0.4 is 0 Å². The normalized spacial score (nSPS) is 13.5. The van der Waals surface area contributed by atoms with Crippen molar-refractivity contribution >= 4 is 0 Å². The van der Waals surface area contributed by atoms with Gasteiger partial charge in [0.15, 0.2) is 0 Å². The van der Waals surface area contributed by atoms with Gasteiger partial charge in [-0.2, -0.15) is 5.26 Å². The Morgan fingerprint density at radius 3 is 2.18 bits per heavy atom. The summed E-state index contributed by atoms with van der Waals surface area (Å²) in [5.41, 5.74) is 0. The molecule has 0 aromatic rings. The van der Waals surface area contributed by atoms with E-state index in [4.69, 9.17) is 5.26 Å². The van der Waals surface area contributed by atoms with Crippen LogP contribution in [0.1, 0.15) is 26.7 Å². The molecule has 64 valence electrons. The maximum absolute atomic E-state index is 8.52. The van der Waals surface area contributed by atoms with Crippen LogP contribution in [0.15, 0.2) is 0 Å². The van der Waals surface area contributed by atoms with Gasteiger partial charge in [-0.3, -0.25) is 0 Å². The fourth-order valence-corrected chi connectivity index (χ4v) is 1.13. The van der Waals surface area contributed by atoms with Gasteiger partial charge < -0.3 is 4.90 Å². The molecule has 0 aliphatic rings. The zero-order valence-corrected chi connectivity index (χ0v) is 7.96. The Balaban J connectivity index is 3.81. The monoisotopic (exact) mass is 154 g/mol. The van der Waals surface area contributed by atoms with Crippen molar-refractivity contribution in [3.8, 4) is 6.07 Å². The molecule has 2 heteroatoms. The smallest absolute Gasteiger partial charge is 0.0638 e. The second-order valence-electron chi connectivity index (χ2n) is 3.61. The van der Waals surface area contributed by atoms with E-state index >= 15 is 0 Å². The fraction of sp³-hybridized carbons (Fsp3) is 0.889. The Morgan fingerprint density at radius 1 is 1.36 bits per heavy atom. The Kier molecular flexibility index (Phi) is 4.89. The van der Waals surface area contributed by atoms with Gasteiger partial charge in [0.25, 0.3) is 0 Å². The number of nitrogens with zero attached hydrogens (tertiary/aromatic N) is 2. The highest BCUT2D eigenvalue weighted by atomic mass is 15.1. The standard InChI is InChI=1S/C9H18N2/c1-8(2)7-9(5-6-10)11(3)4/h8-9H,5,7H2,1-4H3. The highest BCUT2D eigenvalue weighted by Crippen LogP contribution is 2.11. The minimum atomic E-state index is 0.431. The van der Waals surface area contributed by atoms with Crippen molar-refractivity contribution in [1.82, 2.24) is 4.90 Å². The van der Waals surface area contributed by atoms with Crippen molar-refractivity contribution in [2.75, 3.05) is 14.1 Å². The Bertz CT molecular complexity index is 133. The van der Waals surface area contributed by atoms with Crippen molar-refractivity contribution in [3.05, 3.63) is 0 Å². The molecule has 0 spiro atoms. The molecular formula is C9H18N2. The Labute approximate surface area is 69.8 Å². The number of rotatable bonds is 4. The van der Waals surface area contributed by atoms with Crippen LogP contribution in [-0.2, 0) is 0 Å². The molecule has 1 unspecified atom stereocenters. The molecule has 0 aromatic heterocycles. The summed E-state index contributed by atoms with van der Waals surface area (Å²) < 4.78 is 0. The molecule has 0 aromatic carbocycles. The third-order valence-electron chi connectivity index (χ3n) is 1.80. The maximum atomic E-state index is 8.52. The topological polar surface area (TPSA) is 27.0 Å². The van der Waals surface area contributed by atoms with E-state index in [-0.39, 0.29) is 0 Å². The number of hydrogen-bond donors (Lipinski definition) is 0. The molecule has 2 nitrogen and oxygen atoms in total. The molecule has 0 aliphatic carbocycles. The molecule has 0 rings (SSSR count). The van der Waals surface area contributed by atoms with Crippen molar-refractivity contribution in [3.63, 3.8) is 0 Å². The lowest BCUT2D eigenvalue weighted by Gasteiger charge is -2.23. The van der Waals surface area contributed by atoms with E-state index in [1.165, 1.54) is 0 Å². The van der Waals surface area contributed by atoms with Gasteiger partial charge in [0.05, 0.1) is 12.5 Å². The van der Waals surface area contributed by atoms with Crippen LogP contribution in [0.2, 0.25) is 0 Å². The minimum Gasteiger partial charge on any atom is -0.305 e. The van der Waals surface area contributed by atoms with Crippen molar-refractivity contribution < 1.29 is 0 Å². The van der Waals surface area contributed by atoms with Crippen LogP contribution in [-0.4, -0.2) is 25.0 Å². The lowest BCUT2D eigenvalue weighted by atomic mass is 10.0. The van der Waals surface area contributed by atoms with E-state index in [2.05, 4.69) is 24.8 Å². The first-order valence-corrected chi connectivity index (χ1v) is 4.11. The average molecular weight is 154 g/mol. The second kappa shape index (κ2) is 5.15. The van der Waals surface area contributed by atoms with Crippen molar-refractivity contribution in [1.29, 1.82) is 5.26 Å². The second-order valence-corrected chi connectivity index (χ2v) is 3.61. The van der Waals surface area contributed by atoms with E-state index in [1.54, 1.807) is 0 Å². The van der Waals surface area contributed by atoms with E-state index in [0.717, 1.165) is 6.42 Å². The van der Waals surface area contributed by atoms with Gasteiger partial charge in [0.1, 0.15) is 0 Å². The van der Waals surface area contributed by atoms with Crippen LogP contribution >= 0.6 is 0 Å². The first-order chi connectivity index (χ1) is 5.07. The Hall–Kier alpha value is -0.550. The predicted octanol–water partition coefficient (Wildman–Crippen LogP) is 1.88. The summed E-state index contributed by atoms with van der Waals surface area (Å²) in [5.74, 6) is 0.677. The molecule has 0 N–H and O–H groups in total. The summed E-state index contributed by atoms with van der Waals surface area (Å²) >= 11 is 0. The zero-order valence-electron chi connectivity index (χ0n) is 7.96.